The van der Waals surface area contributed by atoms with Crippen molar-refractivity contribution in [2.45, 2.75) is 66.8 Å². The minimum Gasteiger partial charge on any atom is -0.354 e. The van der Waals surface area contributed by atoms with Crippen LogP contribution in [0.4, 0.5) is 0 Å². The minimum atomic E-state index is -0.544. The second-order valence-electron chi connectivity index (χ2n) is 9.15. The van der Waals surface area contributed by atoms with Gasteiger partial charge in [0, 0.05) is 19.4 Å². The molecule has 0 aliphatic heterocycles. The van der Waals surface area contributed by atoms with E-state index < -0.39 is 6.04 Å². The largest absolute Gasteiger partial charge is 0.354 e. The fourth-order valence-electron chi connectivity index (χ4n) is 2.47. The number of hydrogen-bond donors (Lipinski definition) is 2. The van der Waals surface area contributed by atoms with Crippen LogP contribution >= 0.6 is 0 Å². The second kappa shape index (κ2) is 9.02. The summed E-state index contributed by atoms with van der Waals surface area (Å²) in [4.78, 5) is 24.9. The average Bonchev–Trinajstić information content (AvgIpc) is 2.44. The third-order valence-corrected chi connectivity index (χ3v) is 3.80. The molecule has 0 saturated heterocycles. The van der Waals surface area contributed by atoms with E-state index in [0.29, 0.717) is 19.4 Å². The molecule has 4 heteroatoms. The number of carbonyl (C=O) groups excluding carboxylic acids is 2. The lowest BCUT2D eigenvalue weighted by molar-refractivity contribution is -0.130. The van der Waals surface area contributed by atoms with Crippen LogP contribution in [0.15, 0.2) is 30.3 Å². The molecule has 1 atom stereocenters. The molecule has 0 fully saturated rings. The molecular weight excluding hydrogens is 312 g/mol. The molecular formula is C21H34N2O2. The molecule has 0 aromatic heterocycles. The molecule has 4 nitrogen and oxygen atoms in total. The van der Waals surface area contributed by atoms with Crippen molar-refractivity contribution >= 4 is 11.8 Å². The minimum absolute atomic E-state index is 0.0839. The smallest absolute Gasteiger partial charge is 0.242 e. The van der Waals surface area contributed by atoms with Gasteiger partial charge in [0.1, 0.15) is 6.04 Å². The fraction of sp³-hybridized carbons (Fsp3) is 0.619. The molecule has 0 saturated carbocycles. The van der Waals surface area contributed by atoms with Gasteiger partial charge >= 0.3 is 0 Å². The quantitative estimate of drug-likeness (QED) is 0.791. The number of carbonyl (C=O) groups is 2. The van der Waals surface area contributed by atoms with Crippen molar-refractivity contribution < 1.29 is 9.59 Å². The van der Waals surface area contributed by atoms with E-state index >= 15 is 0 Å². The van der Waals surface area contributed by atoms with Crippen LogP contribution in [0, 0.1) is 10.8 Å². The van der Waals surface area contributed by atoms with Gasteiger partial charge in [0.15, 0.2) is 0 Å². The van der Waals surface area contributed by atoms with Crippen LogP contribution in [-0.2, 0) is 16.0 Å². The first-order chi connectivity index (χ1) is 11.5. The average molecular weight is 347 g/mol. The van der Waals surface area contributed by atoms with Crippen molar-refractivity contribution in [3.63, 3.8) is 0 Å². The molecule has 0 radical (unpaired) electrons. The lowest BCUT2D eigenvalue weighted by atomic mass is 9.91. The summed E-state index contributed by atoms with van der Waals surface area (Å²) >= 11 is 0. The van der Waals surface area contributed by atoms with E-state index in [9.17, 15) is 9.59 Å². The Kier molecular flexibility index (Phi) is 7.65. The number of amides is 2. The Labute approximate surface area is 152 Å². The summed E-state index contributed by atoms with van der Waals surface area (Å²) in [5.74, 6) is -0.199. The first kappa shape index (κ1) is 21.2. The Hall–Kier alpha value is -1.84. The molecule has 0 aliphatic carbocycles. The monoisotopic (exact) mass is 346 g/mol. The number of hydrogen-bond acceptors (Lipinski definition) is 2. The molecule has 0 spiro atoms. The van der Waals surface area contributed by atoms with Crippen molar-refractivity contribution in [2.75, 3.05) is 6.54 Å². The molecule has 25 heavy (non-hydrogen) atoms. The van der Waals surface area contributed by atoms with E-state index in [1.807, 2.05) is 51.1 Å². The molecule has 140 valence electrons. The SMILES string of the molecule is CC(C)(C)CCNC(=O)C(Cc1ccccc1)NC(=O)CC(C)(C)C. The van der Waals surface area contributed by atoms with Gasteiger partial charge in [0.25, 0.3) is 0 Å². The Bertz CT molecular complexity index is 553. The summed E-state index contributed by atoms with van der Waals surface area (Å²) in [6, 6.07) is 9.25. The van der Waals surface area contributed by atoms with E-state index in [-0.39, 0.29) is 22.6 Å². The molecule has 2 amide bonds. The third-order valence-electron chi connectivity index (χ3n) is 3.80. The van der Waals surface area contributed by atoms with Crippen LogP contribution in [0.25, 0.3) is 0 Å². The van der Waals surface area contributed by atoms with E-state index in [2.05, 4.69) is 31.4 Å². The Morgan fingerprint density at radius 3 is 2.08 bits per heavy atom. The number of nitrogens with one attached hydrogen (secondary N) is 2. The van der Waals surface area contributed by atoms with Gasteiger partial charge in [-0.3, -0.25) is 9.59 Å². The third kappa shape index (κ3) is 9.90. The molecule has 0 aliphatic rings. The van der Waals surface area contributed by atoms with Crippen molar-refractivity contribution in [3.05, 3.63) is 35.9 Å². The maximum atomic E-state index is 12.6. The van der Waals surface area contributed by atoms with Crippen LogP contribution in [0.5, 0.6) is 0 Å². The van der Waals surface area contributed by atoms with Crippen molar-refractivity contribution in [1.29, 1.82) is 0 Å². The van der Waals surface area contributed by atoms with Crippen LogP contribution in [0.3, 0.4) is 0 Å². The predicted octanol–water partition coefficient (Wildman–Crippen LogP) is 3.70. The van der Waals surface area contributed by atoms with Crippen LogP contribution in [-0.4, -0.2) is 24.4 Å². The number of rotatable bonds is 7. The normalized spacial score (nSPS) is 13.2. The topological polar surface area (TPSA) is 58.2 Å². The summed E-state index contributed by atoms with van der Waals surface area (Å²) in [5, 5.41) is 5.89. The number of benzene rings is 1. The van der Waals surface area contributed by atoms with E-state index in [0.717, 1.165) is 12.0 Å². The highest BCUT2D eigenvalue weighted by Crippen LogP contribution is 2.19. The Balaban J connectivity index is 2.73. The summed E-state index contributed by atoms with van der Waals surface area (Å²) in [7, 11) is 0. The Morgan fingerprint density at radius 2 is 1.56 bits per heavy atom. The molecule has 1 rings (SSSR count). The lowest BCUT2D eigenvalue weighted by Gasteiger charge is -2.23. The van der Waals surface area contributed by atoms with Crippen LogP contribution in [0.1, 0.15) is 59.9 Å². The molecule has 1 aromatic carbocycles. The first-order valence-electron chi connectivity index (χ1n) is 9.07. The van der Waals surface area contributed by atoms with Gasteiger partial charge in [-0.1, -0.05) is 71.9 Å². The highest BCUT2D eigenvalue weighted by Gasteiger charge is 2.24. The fourth-order valence-corrected chi connectivity index (χ4v) is 2.47. The summed E-state index contributed by atoms with van der Waals surface area (Å²) in [6.07, 6.45) is 1.79. The maximum absolute atomic E-state index is 12.6. The van der Waals surface area contributed by atoms with E-state index in [1.165, 1.54) is 0 Å². The molecule has 2 N–H and O–H groups in total. The standard InChI is InChI=1S/C21H34N2O2/c1-20(2,3)12-13-22-19(25)17(14-16-10-8-7-9-11-16)23-18(24)15-21(4,5)6/h7-11,17H,12-15H2,1-6H3,(H,22,25)(H,23,24). The molecule has 1 aromatic rings. The maximum Gasteiger partial charge on any atom is 0.242 e. The van der Waals surface area contributed by atoms with Gasteiger partial charge in [-0.05, 0) is 22.8 Å². The Morgan fingerprint density at radius 1 is 0.960 bits per heavy atom. The highest BCUT2D eigenvalue weighted by atomic mass is 16.2. The zero-order chi connectivity index (χ0) is 19.1. The second-order valence-corrected chi connectivity index (χ2v) is 9.15. The summed E-state index contributed by atoms with van der Waals surface area (Å²) in [5.41, 5.74) is 1.09. The van der Waals surface area contributed by atoms with Gasteiger partial charge in [0.05, 0.1) is 0 Å². The molecule has 0 bridgehead atoms. The molecule has 1 unspecified atom stereocenters. The zero-order valence-electron chi connectivity index (χ0n) is 16.6. The van der Waals surface area contributed by atoms with E-state index in [4.69, 9.17) is 0 Å². The van der Waals surface area contributed by atoms with Crippen molar-refractivity contribution in [2.24, 2.45) is 10.8 Å². The summed E-state index contributed by atoms with van der Waals surface area (Å²) in [6.45, 7) is 13.1. The predicted molar refractivity (Wildman–Crippen MR) is 103 cm³/mol. The lowest BCUT2D eigenvalue weighted by Crippen LogP contribution is -2.49. The van der Waals surface area contributed by atoms with Crippen molar-refractivity contribution in [3.8, 4) is 0 Å². The zero-order valence-corrected chi connectivity index (χ0v) is 16.6. The van der Waals surface area contributed by atoms with Gasteiger partial charge in [-0.15, -0.1) is 0 Å². The first-order valence-corrected chi connectivity index (χ1v) is 9.07. The van der Waals surface area contributed by atoms with Gasteiger partial charge in [0.2, 0.25) is 11.8 Å². The van der Waals surface area contributed by atoms with Gasteiger partial charge in [-0.25, -0.2) is 0 Å². The van der Waals surface area contributed by atoms with Gasteiger partial charge in [-0.2, -0.15) is 0 Å². The van der Waals surface area contributed by atoms with Crippen molar-refractivity contribution in [1.82, 2.24) is 10.6 Å². The summed E-state index contributed by atoms with van der Waals surface area (Å²) < 4.78 is 0. The highest BCUT2D eigenvalue weighted by molar-refractivity contribution is 5.88. The van der Waals surface area contributed by atoms with E-state index in [1.54, 1.807) is 0 Å². The molecule has 0 heterocycles. The van der Waals surface area contributed by atoms with Crippen LogP contribution in [0.2, 0.25) is 0 Å². The van der Waals surface area contributed by atoms with Gasteiger partial charge < -0.3 is 10.6 Å². The van der Waals surface area contributed by atoms with Crippen LogP contribution < -0.4 is 10.6 Å².